The van der Waals surface area contributed by atoms with Gasteiger partial charge in [0.2, 0.25) is 5.91 Å². The number of benzene rings is 2. The number of amides is 2. The molecule has 0 bridgehead atoms. The first kappa shape index (κ1) is 19.0. The maximum Gasteiger partial charge on any atom is 0.259 e. The van der Waals surface area contributed by atoms with E-state index in [9.17, 15) is 9.59 Å². The lowest BCUT2D eigenvalue weighted by molar-refractivity contribution is -0.114. The molecule has 0 spiro atoms. The highest BCUT2D eigenvalue weighted by Gasteiger charge is 2.13. The van der Waals surface area contributed by atoms with Gasteiger partial charge in [-0.1, -0.05) is 0 Å². The minimum Gasteiger partial charge on any atom is -0.497 e. The van der Waals surface area contributed by atoms with Crippen LogP contribution in [0, 0.1) is 6.92 Å². The smallest absolute Gasteiger partial charge is 0.259 e. The van der Waals surface area contributed by atoms with Crippen molar-refractivity contribution in [2.24, 2.45) is 0 Å². The summed E-state index contributed by atoms with van der Waals surface area (Å²) in [7, 11) is 1.61. The summed E-state index contributed by atoms with van der Waals surface area (Å²) in [6.45, 7) is 3.21. The van der Waals surface area contributed by atoms with Crippen molar-refractivity contribution in [3.8, 4) is 17.1 Å². The molecule has 2 N–H and O–H groups in total. The van der Waals surface area contributed by atoms with Gasteiger partial charge in [0.25, 0.3) is 5.91 Å². The molecule has 2 amide bonds. The van der Waals surface area contributed by atoms with Crippen LogP contribution in [0.4, 0.5) is 11.4 Å². The van der Waals surface area contributed by atoms with E-state index in [4.69, 9.17) is 4.74 Å². The number of hydrogen-bond donors (Lipinski definition) is 2. The van der Waals surface area contributed by atoms with Crippen molar-refractivity contribution in [1.82, 2.24) is 9.97 Å². The highest BCUT2D eigenvalue weighted by atomic mass is 16.5. The number of carbonyl (C=O) groups is 2. The number of ether oxygens (including phenoxy) is 1. The zero-order valence-electron chi connectivity index (χ0n) is 15.8. The summed E-state index contributed by atoms with van der Waals surface area (Å²) in [5.41, 5.74) is 3.08. The maximum atomic E-state index is 12.6. The molecule has 3 rings (SSSR count). The van der Waals surface area contributed by atoms with Gasteiger partial charge in [0.15, 0.2) is 5.82 Å². The largest absolute Gasteiger partial charge is 0.497 e. The molecule has 2 aromatic carbocycles. The molecule has 3 aromatic rings. The fourth-order valence-corrected chi connectivity index (χ4v) is 2.61. The van der Waals surface area contributed by atoms with Crippen molar-refractivity contribution >= 4 is 23.2 Å². The molecule has 0 aliphatic heterocycles. The number of carbonyl (C=O) groups excluding carboxylic acids is 2. The van der Waals surface area contributed by atoms with E-state index >= 15 is 0 Å². The van der Waals surface area contributed by atoms with E-state index in [-0.39, 0.29) is 11.8 Å². The van der Waals surface area contributed by atoms with E-state index < -0.39 is 0 Å². The summed E-state index contributed by atoms with van der Waals surface area (Å²) in [6, 6.07) is 14.3. The van der Waals surface area contributed by atoms with E-state index in [2.05, 4.69) is 20.6 Å². The highest BCUT2D eigenvalue weighted by molar-refractivity contribution is 6.05. The number of aromatic nitrogens is 2. The Hall–Kier alpha value is -3.74. The van der Waals surface area contributed by atoms with Crippen LogP contribution in [0.5, 0.6) is 5.75 Å². The van der Waals surface area contributed by atoms with Crippen LogP contribution in [0.15, 0.2) is 54.7 Å². The van der Waals surface area contributed by atoms with Crippen LogP contribution in [0.25, 0.3) is 11.4 Å². The quantitative estimate of drug-likeness (QED) is 0.709. The molecule has 7 heteroatoms. The van der Waals surface area contributed by atoms with E-state index in [1.54, 1.807) is 38.3 Å². The van der Waals surface area contributed by atoms with Gasteiger partial charge >= 0.3 is 0 Å². The number of nitrogens with one attached hydrogen (secondary N) is 2. The molecule has 0 saturated carbocycles. The number of rotatable bonds is 5. The number of anilines is 2. The van der Waals surface area contributed by atoms with Gasteiger partial charge in [0.1, 0.15) is 5.75 Å². The van der Waals surface area contributed by atoms with Crippen molar-refractivity contribution in [1.29, 1.82) is 0 Å². The molecule has 1 heterocycles. The Bertz CT molecular complexity index is 999. The molecule has 0 fully saturated rings. The SMILES string of the molecule is COc1ccc(-c2ncc(C(=O)Nc3ccc(NC(C)=O)cc3)c(C)n2)cc1. The van der Waals surface area contributed by atoms with Gasteiger partial charge in [-0.25, -0.2) is 9.97 Å². The van der Waals surface area contributed by atoms with Crippen LogP contribution in [-0.4, -0.2) is 28.9 Å². The number of methoxy groups -OCH3 is 1. The molecule has 0 radical (unpaired) electrons. The van der Waals surface area contributed by atoms with Crippen molar-refractivity contribution in [2.45, 2.75) is 13.8 Å². The first-order valence-corrected chi connectivity index (χ1v) is 8.63. The average Bonchev–Trinajstić information content (AvgIpc) is 2.69. The predicted molar refractivity (Wildman–Crippen MR) is 107 cm³/mol. The molecular weight excluding hydrogens is 356 g/mol. The summed E-state index contributed by atoms with van der Waals surface area (Å²) < 4.78 is 5.15. The number of nitrogens with zero attached hydrogens (tertiary/aromatic N) is 2. The Balaban J connectivity index is 1.74. The lowest BCUT2D eigenvalue weighted by Crippen LogP contribution is -2.15. The average molecular weight is 376 g/mol. The summed E-state index contributed by atoms with van der Waals surface area (Å²) in [5, 5.41) is 5.48. The van der Waals surface area contributed by atoms with Crippen LogP contribution in [0.1, 0.15) is 23.0 Å². The van der Waals surface area contributed by atoms with Crippen LogP contribution >= 0.6 is 0 Å². The van der Waals surface area contributed by atoms with Gasteiger partial charge < -0.3 is 15.4 Å². The predicted octanol–water partition coefficient (Wildman–Crippen LogP) is 3.67. The molecule has 7 nitrogen and oxygen atoms in total. The third-order valence-corrected chi connectivity index (χ3v) is 4.04. The fraction of sp³-hybridized carbons (Fsp3) is 0.143. The molecule has 0 saturated heterocycles. The maximum absolute atomic E-state index is 12.6. The van der Waals surface area contributed by atoms with Crippen molar-refractivity contribution in [2.75, 3.05) is 17.7 Å². The Kier molecular flexibility index (Phi) is 5.64. The van der Waals surface area contributed by atoms with Crippen molar-refractivity contribution < 1.29 is 14.3 Å². The van der Waals surface area contributed by atoms with Gasteiger partial charge in [-0.3, -0.25) is 9.59 Å². The minimum atomic E-state index is -0.300. The summed E-state index contributed by atoms with van der Waals surface area (Å²) in [4.78, 5) is 32.4. The molecular formula is C21H20N4O3. The number of hydrogen-bond acceptors (Lipinski definition) is 5. The molecule has 0 unspecified atom stereocenters. The molecule has 28 heavy (non-hydrogen) atoms. The van der Waals surface area contributed by atoms with Crippen LogP contribution in [-0.2, 0) is 4.79 Å². The fourth-order valence-electron chi connectivity index (χ4n) is 2.61. The third kappa shape index (κ3) is 4.50. The molecule has 0 atom stereocenters. The van der Waals surface area contributed by atoms with E-state index in [0.717, 1.165) is 11.3 Å². The van der Waals surface area contributed by atoms with E-state index in [1.807, 2.05) is 24.3 Å². The molecule has 0 aliphatic rings. The van der Waals surface area contributed by atoms with Gasteiger partial charge in [0, 0.05) is 30.1 Å². The Labute approximate surface area is 162 Å². The first-order chi connectivity index (χ1) is 13.5. The second-order valence-electron chi connectivity index (χ2n) is 6.13. The summed E-state index contributed by atoms with van der Waals surface area (Å²) in [6.07, 6.45) is 1.52. The van der Waals surface area contributed by atoms with E-state index in [1.165, 1.54) is 13.1 Å². The van der Waals surface area contributed by atoms with Gasteiger partial charge in [-0.2, -0.15) is 0 Å². The van der Waals surface area contributed by atoms with Crippen molar-refractivity contribution in [3.63, 3.8) is 0 Å². The summed E-state index contributed by atoms with van der Waals surface area (Å²) in [5.74, 6) is 0.838. The minimum absolute atomic E-state index is 0.151. The van der Waals surface area contributed by atoms with Crippen LogP contribution in [0.3, 0.4) is 0 Å². The number of aryl methyl sites for hydroxylation is 1. The normalized spacial score (nSPS) is 10.2. The van der Waals surface area contributed by atoms with Gasteiger partial charge in [0.05, 0.1) is 18.4 Å². The monoisotopic (exact) mass is 376 g/mol. The summed E-state index contributed by atoms with van der Waals surface area (Å²) >= 11 is 0. The van der Waals surface area contributed by atoms with Crippen LogP contribution in [0.2, 0.25) is 0 Å². The topological polar surface area (TPSA) is 93.2 Å². The lowest BCUT2D eigenvalue weighted by Gasteiger charge is -2.09. The van der Waals surface area contributed by atoms with Crippen molar-refractivity contribution in [3.05, 3.63) is 66.0 Å². The first-order valence-electron chi connectivity index (χ1n) is 8.63. The van der Waals surface area contributed by atoms with Crippen LogP contribution < -0.4 is 15.4 Å². The molecule has 1 aromatic heterocycles. The Morgan fingerprint density at radius 1 is 0.929 bits per heavy atom. The zero-order valence-corrected chi connectivity index (χ0v) is 15.8. The second-order valence-corrected chi connectivity index (χ2v) is 6.13. The Morgan fingerprint density at radius 2 is 1.54 bits per heavy atom. The molecule has 0 aliphatic carbocycles. The molecule has 142 valence electrons. The third-order valence-electron chi connectivity index (χ3n) is 4.04. The van der Waals surface area contributed by atoms with Gasteiger partial charge in [-0.05, 0) is 55.5 Å². The second kappa shape index (κ2) is 8.30. The Morgan fingerprint density at radius 3 is 2.07 bits per heavy atom. The standard InChI is InChI=1S/C21H20N4O3/c1-13-19(12-22-20(23-13)15-4-10-18(28-3)11-5-15)21(27)25-17-8-6-16(7-9-17)24-14(2)26/h4-12H,1-3H3,(H,24,26)(H,25,27). The lowest BCUT2D eigenvalue weighted by atomic mass is 10.1. The van der Waals surface area contributed by atoms with E-state index in [0.29, 0.717) is 28.5 Å². The zero-order chi connectivity index (χ0) is 20.1. The van der Waals surface area contributed by atoms with Gasteiger partial charge in [-0.15, -0.1) is 0 Å². The highest BCUT2D eigenvalue weighted by Crippen LogP contribution is 2.21.